The lowest BCUT2D eigenvalue weighted by atomic mass is 9.95. The highest BCUT2D eigenvalue weighted by atomic mass is 35.5. The van der Waals surface area contributed by atoms with E-state index >= 15 is 0 Å². The highest BCUT2D eigenvalue weighted by Gasteiger charge is 2.49. The van der Waals surface area contributed by atoms with Crippen LogP contribution in [-0.4, -0.2) is 81.5 Å². The van der Waals surface area contributed by atoms with E-state index in [-0.39, 0.29) is 27.5 Å². The minimum atomic E-state index is -0.862. The van der Waals surface area contributed by atoms with Crippen LogP contribution in [0.15, 0.2) is 30.3 Å². The van der Waals surface area contributed by atoms with Crippen LogP contribution < -0.4 is 15.0 Å². The largest absolute Gasteiger partial charge is 0.508 e. The smallest absolute Gasteiger partial charge is 0.319 e. The summed E-state index contributed by atoms with van der Waals surface area (Å²) in [4.78, 5) is 18.9. The van der Waals surface area contributed by atoms with Crippen molar-refractivity contribution >= 4 is 62.3 Å². The van der Waals surface area contributed by atoms with Gasteiger partial charge in [0.15, 0.2) is 0 Å². The second kappa shape index (κ2) is 10.4. The molecule has 4 saturated heterocycles. The quantitative estimate of drug-likeness (QED) is 0.242. The lowest BCUT2D eigenvalue weighted by Gasteiger charge is -2.35. The summed E-state index contributed by atoms with van der Waals surface area (Å²) in [5, 5.41) is 17.2. The Bertz CT molecular complexity index is 1770. The van der Waals surface area contributed by atoms with Crippen LogP contribution in [-0.2, 0) is 0 Å². The Balaban J connectivity index is 1.29. The predicted octanol–water partition coefficient (Wildman–Crippen LogP) is 6.41. The van der Waals surface area contributed by atoms with Gasteiger partial charge < -0.3 is 20.1 Å². The molecule has 2 N–H and O–H groups in total. The number of rotatable bonds is 5. The fourth-order valence-electron chi connectivity index (χ4n) is 7.74. The van der Waals surface area contributed by atoms with Gasteiger partial charge in [-0.1, -0.05) is 46.9 Å². The molecule has 43 heavy (non-hydrogen) atoms. The Morgan fingerprint density at radius 1 is 1.05 bits per heavy atom. The molecule has 0 spiro atoms. The fourth-order valence-corrected chi connectivity index (χ4v) is 8.56. The summed E-state index contributed by atoms with van der Waals surface area (Å²) in [5.74, 6) is 0.671. The van der Waals surface area contributed by atoms with Crippen LogP contribution in [0.5, 0.6) is 11.8 Å². The van der Waals surface area contributed by atoms with Crippen molar-refractivity contribution in [2.45, 2.75) is 55.9 Å². The number of hydrogen-bond donors (Lipinski definition) is 2. The number of ether oxygens (including phenoxy) is 1. The monoisotopic (exact) mass is 642 g/mol. The summed E-state index contributed by atoms with van der Waals surface area (Å²) >= 11 is 20.8. The molecule has 224 valence electrons. The van der Waals surface area contributed by atoms with E-state index in [1.54, 1.807) is 18.2 Å². The van der Waals surface area contributed by atoms with Crippen LogP contribution in [0.3, 0.4) is 0 Å². The zero-order valence-electron chi connectivity index (χ0n) is 23.3. The summed E-state index contributed by atoms with van der Waals surface area (Å²) in [6, 6.07) is 9.56. The first-order valence-corrected chi connectivity index (χ1v) is 15.9. The van der Waals surface area contributed by atoms with Crippen LogP contribution in [0.25, 0.3) is 32.9 Å². The van der Waals surface area contributed by atoms with Gasteiger partial charge in [0, 0.05) is 54.1 Å². The topological polar surface area (TPSA) is 86.6 Å². The molecule has 2 unspecified atom stereocenters. The highest BCUT2D eigenvalue weighted by Crippen LogP contribution is 2.45. The molecule has 8 rings (SSSR count). The lowest BCUT2D eigenvalue weighted by Crippen LogP contribution is -2.51. The number of aromatic hydroxyl groups is 1. The highest BCUT2D eigenvalue weighted by molar-refractivity contribution is 6.42. The number of piperazine rings is 1. The van der Waals surface area contributed by atoms with E-state index in [0.717, 1.165) is 50.7 Å². The number of nitrogens with one attached hydrogen (secondary N) is 1. The van der Waals surface area contributed by atoms with E-state index in [0.29, 0.717) is 70.0 Å². The first-order valence-electron chi connectivity index (χ1n) is 14.8. The number of pyridine rings is 1. The predicted molar refractivity (Wildman–Crippen MR) is 168 cm³/mol. The number of halogens is 4. The standard InChI is InChI=1S/C31H30Cl3FN6O2/c32-22-4-1-3-16-9-20(42)10-21(23(16)22)26-25(33)27-24(28(34)37-26)29(40-13-18-5-6-19(14-40)36-18)39-30(38-27)43-15-31-7-2-8-41(31)12-17(35)11-31/h1,3-4,9-10,17-19,36,42H,2,5-8,11-15H2/t17-,18?,19?,31+/m1/s1. The van der Waals surface area contributed by atoms with Gasteiger partial charge in [-0.05, 0) is 55.8 Å². The molecule has 4 aliphatic rings. The maximum absolute atomic E-state index is 14.5. The zero-order valence-corrected chi connectivity index (χ0v) is 25.6. The van der Waals surface area contributed by atoms with Gasteiger partial charge >= 0.3 is 6.01 Å². The number of phenolic OH excluding ortho intramolecular Hbond substituents is 1. The molecule has 8 nitrogen and oxygen atoms in total. The zero-order chi connectivity index (χ0) is 29.5. The van der Waals surface area contributed by atoms with Crippen molar-refractivity contribution in [2.24, 2.45) is 0 Å². The number of alkyl halides is 1. The van der Waals surface area contributed by atoms with Gasteiger partial charge in [-0.15, -0.1) is 0 Å². The minimum absolute atomic E-state index is 0.0469. The first-order chi connectivity index (χ1) is 20.8. The number of fused-ring (bicyclic) bond motifs is 5. The van der Waals surface area contributed by atoms with E-state index in [1.807, 2.05) is 12.1 Å². The molecule has 12 heteroatoms. The molecule has 2 bridgehead atoms. The molecule has 0 saturated carbocycles. The Hall–Kier alpha value is -2.69. The van der Waals surface area contributed by atoms with Crippen LogP contribution in [0.1, 0.15) is 32.1 Å². The molecule has 6 heterocycles. The van der Waals surface area contributed by atoms with Gasteiger partial charge in [-0.2, -0.15) is 9.97 Å². The number of aromatic nitrogens is 3. The van der Waals surface area contributed by atoms with E-state index in [2.05, 4.69) is 15.1 Å². The average Bonchev–Trinajstić information content (AvgIpc) is 3.63. The van der Waals surface area contributed by atoms with Crippen molar-refractivity contribution in [1.82, 2.24) is 25.2 Å². The van der Waals surface area contributed by atoms with Crippen LogP contribution in [0.4, 0.5) is 10.2 Å². The van der Waals surface area contributed by atoms with Gasteiger partial charge in [0.05, 0.1) is 21.6 Å². The van der Waals surface area contributed by atoms with Crippen molar-refractivity contribution in [1.29, 1.82) is 0 Å². The summed E-state index contributed by atoms with van der Waals surface area (Å²) in [5.41, 5.74) is 0.939. The molecule has 0 aliphatic carbocycles. The van der Waals surface area contributed by atoms with Crippen molar-refractivity contribution in [3.8, 4) is 23.0 Å². The maximum atomic E-state index is 14.5. The summed E-state index contributed by atoms with van der Waals surface area (Å²) in [6.07, 6.45) is 3.66. The van der Waals surface area contributed by atoms with Gasteiger partial charge in [0.1, 0.15) is 35.0 Å². The third kappa shape index (κ3) is 4.66. The van der Waals surface area contributed by atoms with Gasteiger partial charge in [-0.3, -0.25) is 4.90 Å². The molecule has 2 aromatic carbocycles. The molecule has 4 fully saturated rings. The summed E-state index contributed by atoms with van der Waals surface area (Å²) in [6.45, 7) is 3.11. The fraction of sp³-hybridized carbons (Fsp3) is 0.452. The van der Waals surface area contributed by atoms with Gasteiger partial charge in [-0.25, -0.2) is 9.37 Å². The molecular formula is C31H30Cl3FN6O2. The average molecular weight is 644 g/mol. The number of hydrogen-bond acceptors (Lipinski definition) is 8. The van der Waals surface area contributed by atoms with E-state index < -0.39 is 6.17 Å². The summed E-state index contributed by atoms with van der Waals surface area (Å²) in [7, 11) is 0. The molecule has 4 atom stereocenters. The van der Waals surface area contributed by atoms with E-state index in [4.69, 9.17) is 54.5 Å². The third-order valence-electron chi connectivity index (χ3n) is 9.61. The van der Waals surface area contributed by atoms with Gasteiger partial charge in [0.2, 0.25) is 0 Å². The molecular weight excluding hydrogens is 614 g/mol. The summed E-state index contributed by atoms with van der Waals surface area (Å²) < 4.78 is 20.8. The van der Waals surface area contributed by atoms with E-state index in [9.17, 15) is 9.50 Å². The normalized spacial score (nSPS) is 27.0. The van der Waals surface area contributed by atoms with Crippen LogP contribution in [0.2, 0.25) is 15.2 Å². The van der Waals surface area contributed by atoms with Crippen molar-refractivity contribution in [3.63, 3.8) is 0 Å². The van der Waals surface area contributed by atoms with Crippen molar-refractivity contribution < 1.29 is 14.2 Å². The number of anilines is 1. The Kier molecular flexibility index (Phi) is 6.76. The molecule has 0 radical (unpaired) electrons. The second-order valence-electron chi connectivity index (χ2n) is 12.4. The van der Waals surface area contributed by atoms with Crippen LogP contribution >= 0.6 is 34.8 Å². The maximum Gasteiger partial charge on any atom is 0.319 e. The molecule has 4 aliphatic heterocycles. The minimum Gasteiger partial charge on any atom is -0.508 e. The first kappa shape index (κ1) is 27.8. The van der Waals surface area contributed by atoms with Crippen molar-refractivity contribution in [2.75, 3.05) is 37.7 Å². The lowest BCUT2D eigenvalue weighted by molar-refractivity contribution is 0.107. The number of phenols is 1. The molecule has 4 aromatic rings. The number of nitrogens with zero attached hydrogens (tertiary/aromatic N) is 5. The Morgan fingerprint density at radius 2 is 1.86 bits per heavy atom. The van der Waals surface area contributed by atoms with E-state index in [1.165, 1.54) is 0 Å². The van der Waals surface area contributed by atoms with Crippen molar-refractivity contribution in [3.05, 3.63) is 45.5 Å². The SMILES string of the molecule is Oc1cc(-c2nc(Cl)c3c(N4CC5CCC(C4)N5)nc(OC[C@@]45CCCN4C[C@H](F)C5)nc3c2Cl)c2c(Cl)cccc2c1. The third-order valence-corrected chi connectivity index (χ3v) is 10.6. The molecule has 2 aromatic heterocycles. The van der Waals surface area contributed by atoms with Crippen LogP contribution in [0, 0.1) is 0 Å². The molecule has 0 amide bonds. The second-order valence-corrected chi connectivity index (χ2v) is 13.5. The Labute approximate surface area is 263 Å². The Morgan fingerprint density at radius 3 is 2.67 bits per heavy atom. The number of benzene rings is 2. The van der Waals surface area contributed by atoms with Gasteiger partial charge in [0.25, 0.3) is 0 Å².